The van der Waals surface area contributed by atoms with E-state index in [0.29, 0.717) is 12.2 Å². The molecule has 0 aliphatic carbocycles. The third-order valence-electron chi connectivity index (χ3n) is 4.09. The minimum Gasteiger partial charge on any atom is -0.322 e. The number of imidazole rings is 1. The predicted octanol–water partition coefficient (Wildman–Crippen LogP) is 3.99. The first-order chi connectivity index (χ1) is 13.5. The minimum atomic E-state index is -0.537. The summed E-state index contributed by atoms with van der Waals surface area (Å²) in [6.45, 7) is 4.57. The van der Waals surface area contributed by atoms with E-state index in [1.807, 2.05) is 73.1 Å². The molecule has 1 heterocycles. The van der Waals surface area contributed by atoms with Gasteiger partial charge in [-0.1, -0.05) is 59.8 Å². The number of aryl methyl sites for hydroxylation is 2. The molecular formula is C21H22N4O2S. The molecule has 0 aliphatic rings. The van der Waals surface area contributed by atoms with Gasteiger partial charge in [0.25, 0.3) is 0 Å². The van der Waals surface area contributed by atoms with E-state index in [1.54, 1.807) is 6.20 Å². The highest BCUT2D eigenvalue weighted by Gasteiger charge is 2.12. The summed E-state index contributed by atoms with van der Waals surface area (Å²) in [5, 5.41) is 5.79. The molecule has 2 aromatic carbocycles. The topological polar surface area (TPSA) is 76.0 Å². The largest absolute Gasteiger partial charge is 0.325 e. The number of nitrogens with zero attached hydrogens (tertiary/aromatic N) is 2. The number of aromatic nitrogens is 2. The lowest BCUT2D eigenvalue weighted by molar-refractivity contribution is -0.117. The van der Waals surface area contributed by atoms with Crippen LogP contribution in [0.2, 0.25) is 0 Å². The van der Waals surface area contributed by atoms with Gasteiger partial charge in [0.15, 0.2) is 5.16 Å². The number of nitrogens with one attached hydrogen (secondary N) is 2. The summed E-state index contributed by atoms with van der Waals surface area (Å²) >= 11 is 1.29. The summed E-state index contributed by atoms with van der Waals surface area (Å²) in [7, 11) is 0. The fourth-order valence-electron chi connectivity index (χ4n) is 2.74. The first-order valence-corrected chi connectivity index (χ1v) is 9.86. The molecule has 1 aromatic heterocycles. The molecule has 28 heavy (non-hydrogen) atoms. The second-order valence-electron chi connectivity index (χ2n) is 6.43. The van der Waals surface area contributed by atoms with Crippen LogP contribution in [0.25, 0.3) is 0 Å². The zero-order chi connectivity index (χ0) is 19.9. The Kier molecular flexibility index (Phi) is 6.49. The van der Waals surface area contributed by atoms with E-state index >= 15 is 0 Å². The van der Waals surface area contributed by atoms with Crippen LogP contribution in [0.4, 0.5) is 10.5 Å². The Morgan fingerprint density at radius 3 is 2.64 bits per heavy atom. The van der Waals surface area contributed by atoms with E-state index in [9.17, 15) is 9.59 Å². The highest BCUT2D eigenvalue weighted by atomic mass is 32.2. The van der Waals surface area contributed by atoms with Crippen molar-refractivity contribution in [3.05, 3.63) is 77.6 Å². The molecule has 0 bridgehead atoms. The second kappa shape index (κ2) is 9.23. The number of thioether (sulfide) groups is 1. The molecule has 0 spiro atoms. The Labute approximate surface area is 168 Å². The summed E-state index contributed by atoms with van der Waals surface area (Å²) in [6, 6.07) is 15.2. The van der Waals surface area contributed by atoms with Crippen LogP contribution >= 0.6 is 11.8 Å². The van der Waals surface area contributed by atoms with Gasteiger partial charge in [0, 0.05) is 24.6 Å². The van der Waals surface area contributed by atoms with Crippen molar-refractivity contribution in [2.24, 2.45) is 0 Å². The highest BCUT2D eigenvalue weighted by Crippen LogP contribution is 2.18. The average molecular weight is 395 g/mol. The molecule has 0 fully saturated rings. The van der Waals surface area contributed by atoms with Gasteiger partial charge in [-0.2, -0.15) is 0 Å². The van der Waals surface area contributed by atoms with Crippen LogP contribution in [0.15, 0.2) is 66.1 Å². The summed E-state index contributed by atoms with van der Waals surface area (Å²) in [5.41, 5.74) is 3.89. The number of amides is 3. The van der Waals surface area contributed by atoms with Gasteiger partial charge in [-0.15, -0.1) is 0 Å². The Morgan fingerprint density at radius 1 is 1.11 bits per heavy atom. The molecule has 0 atom stereocenters. The molecule has 0 saturated carbocycles. The normalized spacial score (nSPS) is 10.5. The first kappa shape index (κ1) is 19.7. The van der Waals surface area contributed by atoms with Crippen molar-refractivity contribution in [1.29, 1.82) is 0 Å². The number of hydrogen-bond acceptors (Lipinski definition) is 4. The van der Waals surface area contributed by atoms with Gasteiger partial charge in [0.2, 0.25) is 5.91 Å². The number of benzene rings is 2. The molecule has 0 saturated heterocycles. The molecule has 3 rings (SSSR count). The van der Waals surface area contributed by atoms with E-state index in [2.05, 4.69) is 15.6 Å². The van der Waals surface area contributed by atoms with E-state index < -0.39 is 6.03 Å². The summed E-state index contributed by atoms with van der Waals surface area (Å²) in [5.74, 6) is -0.270. The standard InChI is InChI=1S/C21H22N4O2S/c1-15-8-9-18(16(2)12-15)23-20(27)24-19(26)14-28-21-22-10-11-25(21)13-17-6-4-3-5-7-17/h3-12H,13-14H2,1-2H3,(H2,23,24,26,27). The Balaban J connectivity index is 1.51. The maximum absolute atomic E-state index is 12.1. The number of hydrogen-bond donors (Lipinski definition) is 2. The van der Waals surface area contributed by atoms with E-state index in [1.165, 1.54) is 11.8 Å². The van der Waals surface area contributed by atoms with Crippen molar-refractivity contribution >= 4 is 29.4 Å². The lowest BCUT2D eigenvalue weighted by Crippen LogP contribution is -2.35. The van der Waals surface area contributed by atoms with Gasteiger partial charge in [-0.3, -0.25) is 10.1 Å². The Hall–Kier alpha value is -3.06. The average Bonchev–Trinajstić information content (AvgIpc) is 3.10. The number of imide groups is 1. The fourth-order valence-corrected chi connectivity index (χ4v) is 3.50. The third-order valence-corrected chi connectivity index (χ3v) is 5.09. The lowest BCUT2D eigenvalue weighted by Gasteiger charge is -2.10. The zero-order valence-electron chi connectivity index (χ0n) is 15.8. The number of anilines is 1. The summed E-state index contributed by atoms with van der Waals surface area (Å²) in [6.07, 6.45) is 3.58. The first-order valence-electron chi connectivity index (χ1n) is 8.87. The summed E-state index contributed by atoms with van der Waals surface area (Å²) in [4.78, 5) is 28.5. The quantitative estimate of drug-likeness (QED) is 0.620. The number of carbonyl (C=O) groups excluding carboxylic acids is 2. The van der Waals surface area contributed by atoms with Crippen LogP contribution in [0, 0.1) is 13.8 Å². The maximum atomic E-state index is 12.1. The van der Waals surface area contributed by atoms with Gasteiger partial charge in [0.1, 0.15) is 0 Å². The van der Waals surface area contributed by atoms with Crippen LogP contribution in [0.3, 0.4) is 0 Å². The number of rotatable bonds is 6. The predicted molar refractivity (Wildman–Crippen MR) is 112 cm³/mol. The molecule has 3 aromatic rings. The molecule has 0 unspecified atom stereocenters. The molecule has 3 amide bonds. The van der Waals surface area contributed by atoms with Gasteiger partial charge in [0.05, 0.1) is 5.75 Å². The molecule has 0 radical (unpaired) electrons. The van der Waals surface area contributed by atoms with Crippen molar-refractivity contribution in [3.63, 3.8) is 0 Å². The van der Waals surface area contributed by atoms with Crippen molar-refractivity contribution in [2.45, 2.75) is 25.5 Å². The van der Waals surface area contributed by atoms with E-state index in [-0.39, 0.29) is 11.7 Å². The third kappa shape index (κ3) is 5.47. The van der Waals surface area contributed by atoms with E-state index in [0.717, 1.165) is 21.8 Å². The van der Waals surface area contributed by atoms with Crippen LogP contribution in [0.5, 0.6) is 0 Å². The molecule has 6 nitrogen and oxygen atoms in total. The second-order valence-corrected chi connectivity index (χ2v) is 7.38. The van der Waals surface area contributed by atoms with Gasteiger partial charge in [-0.05, 0) is 31.0 Å². The molecule has 144 valence electrons. The van der Waals surface area contributed by atoms with Gasteiger partial charge in [-0.25, -0.2) is 9.78 Å². The van der Waals surface area contributed by atoms with Crippen LogP contribution in [0.1, 0.15) is 16.7 Å². The smallest absolute Gasteiger partial charge is 0.322 e. The molecule has 7 heteroatoms. The highest BCUT2D eigenvalue weighted by molar-refractivity contribution is 7.99. The minimum absolute atomic E-state index is 0.103. The Bertz CT molecular complexity index is 970. The molecule has 0 aliphatic heterocycles. The van der Waals surface area contributed by atoms with Gasteiger partial charge < -0.3 is 9.88 Å². The van der Waals surface area contributed by atoms with Crippen molar-refractivity contribution in [3.8, 4) is 0 Å². The van der Waals surface area contributed by atoms with E-state index in [4.69, 9.17) is 0 Å². The van der Waals surface area contributed by atoms with Crippen molar-refractivity contribution in [1.82, 2.24) is 14.9 Å². The van der Waals surface area contributed by atoms with Crippen molar-refractivity contribution < 1.29 is 9.59 Å². The molecular weight excluding hydrogens is 372 g/mol. The maximum Gasteiger partial charge on any atom is 0.325 e. The van der Waals surface area contributed by atoms with Crippen LogP contribution in [-0.2, 0) is 11.3 Å². The van der Waals surface area contributed by atoms with Crippen molar-refractivity contribution in [2.75, 3.05) is 11.1 Å². The lowest BCUT2D eigenvalue weighted by atomic mass is 10.1. The monoisotopic (exact) mass is 394 g/mol. The van der Waals surface area contributed by atoms with Crippen LogP contribution in [-0.4, -0.2) is 27.2 Å². The fraction of sp³-hybridized carbons (Fsp3) is 0.190. The number of urea groups is 1. The summed E-state index contributed by atoms with van der Waals surface area (Å²) < 4.78 is 1.98. The SMILES string of the molecule is Cc1ccc(NC(=O)NC(=O)CSc2nccn2Cc2ccccc2)c(C)c1. The van der Waals surface area contributed by atoms with Gasteiger partial charge >= 0.3 is 6.03 Å². The zero-order valence-corrected chi connectivity index (χ0v) is 16.6. The Morgan fingerprint density at radius 2 is 1.89 bits per heavy atom. The molecule has 2 N–H and O–H groups in total. The van der Waals surface area contributed by atoms with Crippen LogP contribution < -0.4 is 10.6 Å². The number of carbonyl (C=O) groups is 2.